The third kappa shape index (κ3) is 5.54. The summed E-state index contributed by atoms with van der Waals surface area (Å²) in [6, 6.07) is 5.27. The van der Waals surface area contributed by atoms with Crippen LogP contribution in [0.25, 0.3) is 0 Å². The van der Waals surface area contributed by atoms with Crippen molar-refractivity contribution in [1.29, 1.82) is 0 Å². The van der Waals surface area contributed by atoms with Gasteiger partial charge in [0.15, 0.2) is 0 Å². The molecule has 0 saturated heterocycles. The molecule has 1 aliphatic rings. The van der Waals surface area contributed by atoms with Crippen LogP contribution in [-0.4, -0.2) is 42.8 Å². The maximum Gasteiger partial charge on any atom is 0.306 e. The van der Waals surface area contributed by atoms with Crippen LogP contribution >= 0.6 is 23.2 Å². The molecule has 0 fully saturated rings. The molecule has 0 bridgehead atoms. The first-order valence-electron chi connectivity index (χ1n) is 7.83. The third-order valence-corrected chi connectivity index (χ3v) is 3.77. The highest BCUT2D eigenvalue weighted by molar-refractivity contribution is 6.39. The molecule has 6 nitrogen and oxygen atoms in total. The van der Waals surface area contributed by atoms with Crippen molar-refractivity contribution < 1.29 is 14.4 Å². The molecule has 1 heterocycles. The first-order chi connectivity index (χ1) is 11.5. The fourth-order valence-electron chi connectivity index (χ4n) is 2.10. The lowest BCUT2D eigenvalue weighted by Crippen LogP contribution is -2.33. The highest BCUT2D eigenvalue weighted by Gasteiger charge is 2.20. The van der Waals surface area contributed by atoms with E-state index in [4.69, 9.17) is 32.8 Å². The Morgan fingerprint density at radius 2 is 2.08 bits per heavy atom. The minimum Gasteiger partial charge on any atom is -0.463 e. The zero-order valence-corrected chi connectivity index (χ0v) is 15.2. The third-order valence-electron chi connectivity index (χ3n) is 3.14. The first kappa shape index (κ1) is 18.8. The minimum absolute atomic E-state index is 0.0969. The number of hydrogen-bond acceptors (Lipinski definition) is 6. The molecule has 132 valence electrons. The topological polar surface area (TPSA) is 63.2 Å². The Labute approximate surface area is 151 Å². The number of aliphatic imine (C=N–C) groups is 1. The van der Waals surface area contributed by atoms with Gasteiger partial charge in [-0.2, -0.15) is 0 Å². The predicted molar refractivity (Wildman–Crippen MR) is 95.5 cm³/mol. The lowest BCUT2D eigenvalue weighted by molar-refractivity contribution is -0.148. The van der Waals surface area contributed by atoms with Crippen molar-refractivity contribution in [2.24, 2.45) is 4.99 Å². The van der Waals surface area contributed by atoms with E-state index in [0.29, 0.717) is 54.2 Å². The maximum absolute atomic E-state index is 11.5. The lowest BCUT2D eigenvalue weighted by atomic mass is 10.3. The number of nitrogens with one attached hydrogen (secondary N) is 1. The summed E-state index contributed by atoms with van der Waals surface area (Å²) in [5.41, 5.74) is 0.593. The fourth-order valence-corrected chi connectivity index (χ4v) is 2.59. The van der Waals surface area contributed by atoms with Crippen LogP contribution in [0.15, 0.2) is 23.2 Å². The summed E-state index contributed by atoms with van der Waals surface area (Å²) in [4.78, 5) is 21.5. The molecule has 8 heteroatoms. The van der Waals surface area contributed by atoms with Crippen LogP contribution in [0.3, 0.4) is 0 Å². The van der Waals surface area contributed by atoms with Gasteiger partial charge in [-0.05, 0) is 32.4 Å². The predicted octanol–water partition coefficient (Wildman–Crippen LogP) is 3.74. The number of nitrogens with zero attached hydrogens (tertiary/aromatic N) is 2. The van der Waals surface area contributed by atoms with Crippen LogP contribution in [-0.2, 0) is 14.4 Å². The van der Waals surface area contributed by atoms with E-state index in [1.54, 1.807) is 23.3 Å². The largest absolute Gasteiger partial charge is 0.463 e. The van der Waals surface area contributed by atoms with Crippen molar-refractivity contribution in [3.63, 3.8) is 0 Å². The van der Waals surface area contributed by atoms with Crippen LogP contribution in [0.5, 0.6) is 0 Å². The Hall–Kier alpha value is -1.50. The van der Waals surface area contributed by atoms with Crippen LogP contribution in [0.1, 0.15) is 26.7 Å². The molecular formula is C16H21Cl2N3O3. The number of hydroxylamine groups is 2. The average Bonchev–Trinajstić information content (AvgIpc) is 2.94. The van der Waals surface area contributed by atoms with Gasteiger partial charge >= 0.3 is 5.97 Å². The van der Waals surface area contributed by atoms with Gasteiger partial charge in [0.25, 0.3) is 0 Å². The number of rotatable bonds is 7. The summed E-state index contributed by atoms with van der Waals surface area (Å²) >= 11 is 12.3. The monoisotopic (exact) mass is 373 g/mol. The molecular weight excluding hydrogens is 353 g/mol. The number of para-hydroxylation sites is 1. The number of carbonyl (C=O) groups is 1. The van der Waals surface area contributed by atoms with Gasteiger partial charge in [-0.3, -0.25) is 9.63 Å². The number of guanidine groups is 1. The van der Waals surface area contributed by atoms with E-state index < -0.39 is 0 Å². The van der Waals surface area contributed by atoms with Crippen molar-refractivity contribution in [3.8, 4) is 0 Å². The van der Waals surface area contributed by atoms with Crippen molar-refractivity contribution in [2.45, 2.75) is 32.8 Å². The average molecular weight is 374 g/mol. The second kappa shape index (κ2) is 9.11. The number of hydrogen-bond donors (Lipinski definition) is 1. The molecule has 0 unspecified atom stereocenters. The second-order valence-corrected chi connectivity index (χ2v) is 6.32. The Morgan fingerprint density at radius 1 is 1.38 bits per heavy atom. The molecule has 1 aliphatic heterocycles. The lowest BCUT2D eigenvalue weighted by Gasteiger charge is -2.21. The SMILES string of the molecule is CC(C)OC(=O)CCCON1CCN=C1Nc1c(Cl)cccc1Cl. The van der Waals surface area contributed by atoms with Crippen LogP contribution in [0, 0.1) is 0 Å². The maximum atomic E-state index is 11.5. The van der Waals surface area contributed by atoms with Crippen LogP contribution in [0.2, 0.25) is 10.0 Å². The minimum atomic E-state index is -0.218. The quantitative estimate of drug-likeness (QED) is 0.582. The number of benzene rings is 1. The molecule has 0 saturated carbocycles. The number of halogens is 2. The Bertz CT molecular complexity index is 588. The van der Waals surface area contributed by atoms with Crippen LogP contribution in [0.4, 0.5) is 5.69 Å². The summed E-state index contributed by atoms with van der Waals surface area (Å²) in [5.74, 6) is 0.333. The molecule has 0 radical (unpaired) electrons. The van der Waals surface area contributed by atoms with Crippen molar-refractivity contribution in [1.82, 2.24) is 5.06 Å². The molecule has 24 heavy (non-hydrogen) atoms. The van der Waals surface area contributed by atoms with Gasteiger partial charge < -0.3 is 10.1 Å². The molecule has 0 spiro atoms. The van der Waals surface area contributed by atoms with Gasteiger partial charge in [0.05, 0.1) is 41.5 Å². The van der Waals surface area contributed by atoms with Crippen molar-refractivity contribution in [3.05, 3.63) is 28.2 Å². The Morgan fingerprint density at radius 3 is 2.75 bits per heavy atom. The standard InChI is InChI=1S/C16H21Cl2N3O3/c1-11(2)24-14(22)7-4-10-23-21-9-8-19-16(21)20-15-12(17)5-3-6-13(15)18/h3,5-6,11H,4,7-10H2,1-2H3,(H,19,20). The van der Waals surface area contributed by atoms with E-state index in [9.17, 15) is 4.79 Å². The molecule has 1 N–H and O–H groups in total. The zero-order chi connectivity index (χ0) is 17.5. The first-order valence-corrected chi connectivity index (χ1v) is 8.58. The summed E-state index contributed by atoms with van der Waals surface area (Å²) in [6.45, 7) is 5.28. The van der Waals surface area contributed by atoms with Crippen molar-refractivity contribution >= 4 is 40.8 Å². The van der Waals surface area contributed by atoms with Gasteiger partial charge in [-0.1, -0.05) is 29.3 Å². The van der Waals surface area contributed by atoms with E-state index in [-0.39, 0.29) is 12.1 Å². The molecule has 0 aromatic heterocycles. The highest BCUT2D eigenvalue weighted by atomic mass is 35.5. The Kier molecular flexibility index (Phi) is 7.15. The van der Waals surface area contributed by atoms with Gasteiger partial charge in [-0.15, -0.1) is 0 Å². The molecule has 2 rings (SSSR count). The van der Waals surface area contributed by atoms with E-state index in [2.05, 4.69) is 10.3 Å². The van der Waals surface area contributed by atoms with Gasteiger partial charge in [0.2, 0.25) is 5.96 Å². The van der Waals surface area contributed by atoms with E-state index >= 15 is 0 Å². The second-order valence-electron chi connectivity index (χ2n) is 5.50. The summed E-state index contributed by atoms with van der Waals surface area (Å²) < 4.78 is 5.08. The van der Waals surface area contributed by atoms with Gasteiger partial charge in [-0.25, -0.2) is 10.1 Å². The molecule has 0 aliphatic carbocycles. The molecule has 1 aromatic carbocycles. The number of carbonyl (C=O) groups excluding carboxylic acids is 1. The molecule has 0 amide bonds. The summed E-state index contributed by atoms with van der Waals surface area (Å²) in [6.07, 6.45) is 0.796. The van der Waals surface area contributed by atoms with E-state index in [1.807, 2.05) is 13.8 Å². The van der Waals surface area contributed by atoms with Crippen molar-refractivity contribution in [2.75, 3.05) is 25.0 Å². The molecule has 0 atom stereocenters. The summed E-state index contributed by atoms with van der Waals surface area (Å²) in [7, 11) is 0. The van der Waals surface area contributed by atoms with Gasteiger partial charge in [0, 0.05) is 6.42 Å². The number of anilines is 1. The normalized spacial score (nSPS) is 14.0. The number of esters is 1. The number of ether oxygens (including phenoxy) is 1. The van der Waals surface area contributed by atoms with Crippen LogP contribution < -0.4 is 5.32 Å². The highest BCUT2D eigenvalue weighted by Crippen LogP contribution is 2.30. The Balaban J connectivity index is 1.80. The fraction of sp³-hybridized carbons (Fsp3) is 0.500. The molecule has 1 aromatic rings. The zero-order valence-electron chi connectivity index (χ0n) is 13.7. The van der Waals surface area contributed by atoms with E-state index in [1.165, 1.54) is 0 Å². The van der Waals surface area contributed by atoms with Gasteiger partial charge in [0.1, 0.15) is 0 Å². The smallest absolute Gasteiger partial charge is 0.306 e. The summed E-state index contributed by atoms with van der Waals surface area (Å²) in [5, 5.41) is 5.76. The van der Waals surface area contributed by atoms with E-state index in [0.717, 1.165) is 0 Å².